The first-order valence-corrected chi connectivity index (χ1v) is 6.22. The van der Waals surface area contributed by atoms with Crippen LogP contribution in [0, 0.1) is 0 Å². The number of carbonyl (C=O) groups is 1. The molecule has 0 saturated heterocycles. The maximum Gasteiger partial charge on any atom is 0.210 e. The van der Waals surface area contributed by atoms with E-state index in [-0.39, 0.29) is 0 Å². The van der Waals surface area contributed by atoms with Gasteiger partial charge >= 0.3 is 0 Å². The summed E-state index contributed by atoms with van der Waals surface area (Å²) in [6.07, 6.45) is 6.41. The molecule has 0 bridgehead atoms. The fraction of sp³-hybridized carbons (Fsp3) is 0.500. The van der Waals surface area contributed by atoms with Crippen LogP contribution in [-0.4, -0.2) is 12.1 Å². The van der Waals surface area contributed by atoms with Crippen LogP contribution < -0.4 is 4.74 Å². The smallest absolute Gasteiger partial charge is 0.210 e. The highest BCUT2D eigenvalue weighted by atomic mass is 16.7. The van der Waals surface area contributed by atoms with Gasteiger partial charge in [-0.3, -0.25) is 4.79 Å². The van der Waals surface area contributed by atoms with E-state index in [9.17, 15) is 4.79 Å². The Morgan fingerprint density at radius 1 is 1.18 bits per heavy atom. The summed E-state index contributed by atoms with van der Waals surface area (Å²) in [6, 6.07) is 5.53. The highest BCUT2D eigenvalue weighted by Crippen LogP contribution is 2.40. The molecule has 90 valence electrons. The van der Waals surface area contributed by atoms with Crippen molar-refractivity contribution in [2.75, 3.05) is 0 Å². The van der Waals surface area contributed by atoms with E-state index in [1.54, 1.807) is 6.07 Å². The van der Waals surface area contributed by atoms with Crippen LogP contribution in [-0.2, 0) is 11.3 Å². The number of aldehydes is 1. The van der Waals surface area contributed by atoms with E-state index in [4.69, 9.17) is 9.47 Å². The van der Waals surface area contributed by atoms with Crippen molar-refractivity contribution in [3.05, 3.63) is 29.3 Å². The average Bonchev–Trinajstić information content (AvgIpc) is 2.39. The van der Waals surface area contributed by atoms with Gasteiger partial charge in [-0.25, -0.2) is 0 Å². The van der Waals surface area contributed by atoms with Gasteiger partial charge in [-0.2, -0.15) is 0 Å². The van der Waals surface area contributed by atoms with E-state index < -0.39 is 5.79 Å². The largest absolute Gasteiger partial charge is 0.462 e. The predicted molar refractivity (Wildman–Crippen MR) is 63.1 cm³/mol. The molecule has 1 aromatic rings. The molecule has 1 aliphatic heterocycles. The monoisotopic (exact) mass is 232 g/mol. The van der Waals surface area contributed by atoms with Crippen molar-refractivity contribution in [1.82, 2.24) is 0 Å². The van der Waals surface area contributed by atoms with E-state index in [1.165, 1.54) is 19.3 Å². The van der Waals surface area contributed by atoms with E-state index in [0.29, 0.717) is 12.2 Å². The third kappa shape index (κ3) is 1.95. The molecule has 0 N–H and O–H groups in total. The molecule has 3 nitrogen and oxygen atoms in total. The van der Waals surface area contributed by atoms with Crippen LogP contribution in [0.4, 0.5) is 0 Å². The third-order valence-corrected chi connectivity index (χ3v) is 3.62. The fourth-order valence-electron chi connectivity index (χ4n) is 2.66. The Morgan fingerprint density at radius 2 is 2.00 bits per heavy atom. The quantitative estimate of drug-likeness (QED) is 0.698. The molecule has 0 atom stereocenters. The van der Waals surface area contributed by atoms with E-state index in [1.807, 2.05) is 12.1 Å². The summed E-state index contributed by atoms with van der Waals surface area (Å²) >= 11 is 0. The Balaban J connectivity index is 1.87. The SMILES string of the molecule is O=Cc1ccc2c(c1)COC1(CCCCC1)O2. The van der Waals surface area contributed by atoms with Crippen LogP contribution in [0.15, 0.2) is 18.2 Å². The molecule has 0 radical (unpaired) electrons. The molecule has 0 unspecified atom stereocenters. The summed E-state index contributed by atoms with van der Waals surface area (Å²) in [4.78, 5) is 10.7. The standard InChI is InChI=1S/C14H16O3/c15-9-11-4-5-13-12(8-11)10-16-14(17-13)6-2-1-3-7-14/h4-5,8-9H,1-3,6-7,10H2. The summed E-state index contributed by atoms with van der Waals surface area (Å²) in [5.74, 6) is 0.484. The summed E-state index contributed by atoms with van der Waals surface area (Å²) in [5, 5.41) is 0. The van der Waals surface area contributed by atoms with Gasteiger partial charge in [-0.1, -0.05) is 6.42 Å². The van der Waals surface area contributed by atoms with Crippen molar-refractivity contribution in [2.45, 2.75) is 44.5 Å². The first-order chi connectivity index (χ1) is 8.31. The first-order valence-electron chi connectivity index (χ1n) is 6.22. The maximum absolute atomic E-state index is 10.7. The Bertz CT molecular complexity index is 433. The van der Waals surface area contributed by atoms with Gasteiger partial charge in [0.25, 0.3) is 0 Å². The number of hydrogen-bond donors (Lipinski definition) is 0. The Hall–Kier alpha value is -1.35. The molecule has 1 aromatic carbocycles. The molecule has 0 aromatic heterocycles. The predicted octanol–water partition coefficient (Wildman–Crippen LogP) is 3.07. The topological polar surface area (TPSA) is 35.5 Å². The second-order valence-corrected chi connectivity index (χ2v) is 4.85. The van der Waals surface area contributed by atoms with Gasteiger partial charge in [0.1, 0.15) is 12.0 Å². The van der Waals surface area contributed by atoms with Crippen molar-refractivity contribution in [3.63, 3.8) is 0 Å². The molecule has 0 amide bonds. The lowest BCUT2D eigenvalue weighted by molar-refractivity contribution is -0.222. The minimum atomic E-state index is -0.395. The van der Waals surface area contributed by atoms with Crippen LogP contribution in [0.3, 0.4) is 0 Å². The van der Waals surface area contributed by atoms with Gasteiger partial charge < -0.3 is 9.47 Å². The molecule has 1 heterocycles. The molecule has 2 aliphatic rings. The number of benzene rings is 1. The van der Waals surface area contributed by atoms with Gasteiger partial charge in [-0.15, -0.1) is 0 Å². The van der Waals surface area contributed by atoms with E-state index in [2.05, 4.69) is 0 Å². The minimum Gasteiger partial charge on any atom is -0.462 e. The van der Waals surface area contributed by atoms with Gasteiger partial charge in [0.15, 0.2) is 0 Å². The molecule has 1 fully saturated rings. The van der Waals surface area contributed by atoms with Gasteiger partial charge in [0, 0.05) is 24.0 Å². The molecule has 1 saturated carbocycles. The number of rotatable bonds is 1. The van der Waals surface area contributed by atoms with Crippen molar-refractivity contribution >= 4 is 6.29 Å². The summed E-state index contributed by atoms with van der Waals surface area (Å²) in [7, 11) is 0. The van der Waals surface area contributed by atoms with Gasteiger partial charge in [0.2, 0.25) is 5.79 Å². The van der Waals surface area contributed by atoms with Crippen LogP contribution in [0.5, 0.6) is 5.75 Å². The molecule has 3 heteroatoms. The zero-order valence-electron chi connectivity index (χ0n) is 9.78. The first kappa shape index (κ1) is 10.8. The van der Waals surface area contributed by atoms with Crippen molar-refractivity contribution in [3.8, 4) is 5.75 Å². The fourth-order valence-corrected chi connectivity index (χ4v) is 2.66. The van der Waals surface area contributed by atoms with Crippen LogP contribution in [0.1, 0.15) is 48.0 Å². The highest BCUT2D eigenvalue weighted by molar-refractivity contribution is 5.75. The average molecular weight is 232 g/mol. The van der Waals surface area contributed by atoms with E-state index in [0.717, 1.165) is 30.4 Å². The number of ether oxygens (including phenoxy) is 2. The molecule has 3 rings (SSSR count). The molecule has 1 aliphatic carbocycles. The lowest BCUT2D eigenvalue weighted by Gasteiger charge is -2.40. The maximum atomic E-state index is 10.7. The Labute approximate surface area is 101 Å². The zero-order valence-corrected chi connectivity index (χ0v) is 9.78. The van der Waals surface area contributed by atoms with E-state index >= 15 is 0 Å². The van der Waals surface area contributed by atoms with Crippen LogP contribution in [0.2, 0.25) is 0 Å². The lowest BCUT2D eigenvalue weighted by atomic mass is 9.93. The second-order valence-electron chi connectivity index (χ2n) is 4.85. The molecule has 1 spiro atoms. The number of hydrogen-bond acceptors (Lipinski definition) is 3. The van der Waals surface area contributed by atoms with Gasteiger partial charge in [-0.05, 0) is 31.0 Å². The van der Waals surface area contributed by atoms with Crippen molar-refractivity contribution in [2.24, 2.45) is 0 Å². The summed E-state index contributed by atoms with van der Waals surface area (Å²) in [5.41, 5.74) is 1.65. The molecule has 17 heavy (non-hydrogen) atoms. The Morgan fingerprint density at radius 3 is 2.76 bits per heavy atom. The second kappa shape index (κ2) is 4.15. The summed E-state index contributed by atoms with van der Waals surface area (Å²) in [6.45, 7) is 0.553. The highest BCUT2D eigenvalue weighted by Gasteiger charge is 2.38. The van der Waals surface area contributed by atoms with Crippen molar-refractivity contribution < 1.29 is 14.3 Å². The molecular formula is C14H16O3. The molecular weight excluding hydrogens is 216 g/mol. The number of fused-ring (bicyclic) bond motifs is 1. The normalized spacial score (nSPS) is 21.6. The lowest BCUT2D eigenvalue weighted by Crippen LogP contribution is -2.43. The zero-order chi connectivity index (χ0) is 11.7. The van der Waals surface area contributed by atoms with Gasteiger partial charge in [0.05, 0.1) is 6.61 Å². The third-order valence-electron chi connectivity index (χ3n) is 3.62. The van der Waals surface area contributed by atoms with Crippen LogP contribution in [0.25, 0.3) is 0 Å². The van der Waals surface area contributed by atoms with Crippen LogP contribution >= 0.6 is 0 Å². The minimum absolute atomic E-state index is 0.395. The van der Waals surface area contributed by atoms with Crippen molar-refractivity contribution in [1.29, 1.82) is 0 Å². The summed E-state index contributed by atoms with van der Waals surface area (Å²) < 4.78 is 11.9. The number of carbonyl (C=O) groups excluding carboxylic acids is 1. The Kier molecular flexibility index (Phi) is 2.63.